The summed E-state index contributed by atoms with van der Waals surface area (Å²) in [7, 11) is -3.74. The summed E-state index contributed by atoms with van der Waals surface area (Å²) >= 11 is 0. The first-order valence-corrected chi connectivity index (χ1v) is 7.17. The van der Waals surface area contributed by atoms with Gasteiger partial charge in [-0.2, -0.15) is 5.26 Å². The Morgan fingerprint density at radius 1 is 1.50 bits per heavy atom. The molecule has 0 saturated carbocycles. The van der Waals surface area contributed by atoms with Crippen LogP contribution in [0.2, 0.25) is 0 Å². The van der Waals surface area contributed by atoms with Gasteiger partial charge in [0.2, 0.25) is 10.0 Å². The van der Waals surface area contributed by atoms with E-state index in [1.54, 1.807) is 18.2 Å². The number of fused-ring (bicyclic) bond motifs is 1. The fraction of sp³-hybridized carbons (Fsp3) is 0.417. The van der Waals surface area contributed by atoms with Crippen LogP contribution in [0, 0.1) is 11.3 Å². The van der Waals surface area contributed by atoms with E-state index in [2.05, 4.69) is 4.72 Å². The number of aliphatic hydroxyl groups is 1. The molecule has 0 heterocycles. The van der Waals surface area contributed by atoms with Crippen molar-refractivity contribution in [3.8, 4) is 6.07 Å². The van der Waals surface area contributed by atoms with Crippen molar-refractivity contribution >= 4 is 10.0 Å². The quantitative estimate of drug-likeness (QED) is 0.832. The Balaban J connectivity index is 2.29. The Morgan fingerprint density at radius 2 is 2.17 bits per heavy atom. The Morgan fingerprint density at radius 3 is 2.83 bits per heavy atom. The van der Waals surface area contributed by atoms with Gasteiger partial charge in [-0.1, -0.05) is 24.3 Å². The molecule has 0 spiro atoms. The largest absolute Gasteiger partial charge is 0.391 e. The van der Waals surface area contributed by atoms with Crippen LogP contribution in [-0.2, 0) is 16.4 Å². The minimum absolute atomic E-state index is 0.421. The zero-order chi connectivity index (χ0) is 13.3. The molecule has 1 aromatic carbocycles. The standard InChI is InChI=1S/C12H14N2O3S/c1-8(7-13)18(16,17)14-12-10-5-3-2-4-9(10)6-11(12)15/h2-5,8,11-12,14-15H,6H2,1H3/t8?,11-,12+/m0/s1. The van der Waals surface area contributed by atoms with E-state index in [1.807, 2.05) is 12.1 Å². The monoisotopic (exact) mass is 266 g/mol. The van der Waals surface area contributed by atoms with Gasteiger partial charge in [0, 0.05) is 6.42 Å². The lowest BCUT2D eigenvalue weighted by Crippen LogP contribution is -2.38. The van der Waals surface area contributed by atoms with Gasteiger partial charge in [-0.3, -0.25) is 0 Å². The number of aliphatic hydroxyl groups excluding tert-OH is 1. The molecule has 0 aromatic heterocycles. The molecule has 6 heteroatoms. The number of benzene rings is 1. The van der Waals surface area contributed by atoms with Crippen LogP contribution in [0.4, 0.5) is 0 Å². The molecule has 0 aliphatic heterocycles. The summed E-state index contributed by atoms with van der Waals surface area (Å²) in [6.45, 7) is 1.32. The molecule has 0 radical (unpaired) electrons. The van der Waals surface area contributed by atoms with E-state index in [4.69, 9.17) is 5.26 Å². The van der Waals surface area contributed by atoms with Gasteiger partial charge in [0.05, 0.1) is 18.2 Å². The number of nitriles is 1. The number of sulfonamides is 1. The molecule has 1 aliphatic rings. The van der Waals surface area contributed by atoms with Crippen molar-refractivity contribution in [2.75, 3.05) is 0 Å². The van der Waals surface area contributed by atoms with E-state index in [-0.39, 0.29) is 0 Å². The second-order valence-electron chi connectivity index (χ2n) is 4.38. The fourth-order valence-corrected chi connectivity index (χ4v) is 3.05. The smallest absolute Gasteiger partial charge is 0.228 e. The first kappa shape index (κ1) is 13.0. The number of rotatable bonds is 3. The molecular formula is C12H14N2O3S. The summed E-state index contributed by atoms with van der Waals surface area (Å²) in [6.07, 6.45) is -0.368. The Labute approximate surface area is 106 Å². The predicted octanol–water partition coefficient (Wildman–Crippen LogP) is 0.476. The molecular weight excluding hydrogens is 252 g/mol. The maximum Gasteiger partial charge on any atom is 0.228 e. The summed E-state index contributed by atoms with van der Waals surface area (Å²) in [5.74, 6) is 0. The summed E-state index contributed by atoms with van der Waals surface area (Å²) in [4.78, 5) is 0. The highest BCUT2D eigenvalue weighted by Gasteiger charge is 2.35. The topological polar surface area (TPSA) is 90.2 Å². The van der Waals surface area contributed by atoms with Gasteiger partial charge in [0.15, 0.2) is 5.25 Å². The Bertz CT molecular complexity index is 592. The van der Waals surface area contributed by atoms with Gasteiger partial charge in [0.1, 0.15) is 0 Å². The lowest BCUT2D eigenvalue weighted by atomic mass is 10.1. The van der Waals surface area contributed by atoms with Crippen molar-refractivity contribution < 1.29 is 13.5 Å². The SMILES string of the molecule is CC(C#N)S(=O)(=O)N[C@@H]1c2ccccc2C[C@@H]1O. The van der Waals surface area contributed by atoms with Gasteiger partial charge in [-0.25, -0.2) is 13.1 Å². The highest BCUT2D eigenvalue weighted by atomic mass is 32.2. The predicted molar refractivity (Wildman–Crippen MR) is 66.0 cm³/mol. The summed E-state index contributed by atoms with van der Waals surface area (Å²) < 4.78 is 26.1. The van der Waals surface area contributed by atoms with Crippen LogP contribution >= 0.6 is 0 Å². The van der Waals surface area contributed by atoms with Crippen molar-refractivity contribution in [3.05, 3.63) is 35.4 Å². The second-order valence-corrected chi connectivity index (χ2v) is 6.41. The van der Waals surface area contributed by atoms with E-state index >= 15 is 0 Å². The third-order valence-corrected chi connectivity index (χ3v) is 4.76. The second kappa shape index (κ2) is 4.69. The lowest BCUT2D eigenvalue weighted by Gasteiger charge is -2.18. The van der Waals surface area contributed by atoms with E-state index < -0.39 is 27.4 Å². The first-order valence-electron chi connectivity index (χ1n) is 5.62. The molecule has 18 heavy (non-hydrogen) atoms. The van der Waals surface area contributed by atoms with Crippen LogP contribution in [0.25, 0.3) is 0 Å². The van der Waals surface area contributed by atoms with Crippen LogP contribution < -0.4 is 4.72 Å². The number of hydrogen-bond donors (Lipinski definition) is 2. The third kappa shape index (κ3) is 2.25. The molecule has 2 N–H and O–H groups in total. The zero-order valence-corrected chi connectivity index (χ0v) is 10.7. The molecule has 1 aliphatic carbocycles. The summed E-state index contributed by atoms with van der Waals surface area (Å²) in [6, 6.07) is 8.32. The molecule has 5 nitrogen and oxygen atoms in total. The van der Waals surface area contributed by atoms with Gasteiger partial charge < -0.3 is 5.11 Å². The fourth-order valence-electron chi connectivity index (χ4n) is 2.06. The van der Waals surface area contributed by atoms with Crippen LogP contribution in [0.5, 0.6) is 0 Å². The number of hydrogen-bond acceptors (Lipinski definition) is 4. The van der Waals surface area contributed by atoms with E-state index in [1.165, 1.54) is 6.92 Å². The van der Waals surface area contributed by atoms with Gasteiger partial charge >= 0.3 is 0 Å². The van der Waals surface area contributed by atoms with Gasteiger partial charge in [-0.15, -0.1) is 0 Å². The van der Waals surface area contributed by atoms with Crippen molar-refractivity contribution in [1.82, 2.24) is 4.72 Å². The normalized spacial score (nSPS) is 24.3. The molecule has 3 atom stereocenters. The third-order valence-electron chi connectivity index (χ3n) is 3.14. The Hall–Kier alpha value is -1.42. The maximum atomic E-state index is 11.8. The zero-order valence-electron chi connectivity index (χ0n) is 9.87. The minimum atomic E-state index is -3.74. The van der Waals surface area contributed by atoms with Crippen molar-refractivity contribution in [2.45, 2.75) is 30.7 Å². The molecule has 1 aromatic rings. The molecule has 0 fully saturated rings. The highest BCUT2D eigenvalue weighted by molar-refractivity contribution is 7.90. The molecule has 2 rings (SSSR count). The molecule has 0 bridgehead atoms. The maximum absolute atomic E-state index is 11.8. The minimum Gasteiger partial charge on any atom is -0.391 e. The molecule has 1 unspecified atom stereocenters. The van der Waals surface area contributed by atoms with Crippen molar-refractivity contribution in [1.29, 1.82) is 5.26 Å². The first-order chi connectivity index (χ1) is 8.45. The van der Waals surface area contributed by atoms with E-state index in [9.17, 15) is 13.5 Å². The van der Waals surface area contributed by atoms with Crippen molar-refractivity contribution in [3.63, 3.8) is 0 Å². The van der Waals surface area contributed by atoms with E-state index in [0.29, 0.717) is 6.42 Å². The summed E-state index contributed by atoms with van der Waals surface area (Å²) in [5, 5.41) is 17.5. The summed E-state index contributed by atoms with van der Waals surface area (Å²) in [5.41, 5.74) is 1.71. The molecule has 0 saturated heterocycles. The van der Waals surface area contributed by atoms with Crippen molar-refractivity contribution in [2.24, 2.45) is 0 Å². The van der Waals surface area contributed by atoms with Crippen LogP contribution in [0.3, 0.4) is 0 Å². The van der Waals surface area contributed by atoms with Gasteiger partial charge in [0.25, 0.3) is 0 Å². The Kier molecular flexibility index (Phi) is 3.39. The number of nitrogens with zero attached hydrogens (tertiary/aromatic N) is 1. The highest BCUT2D eigenvalue weighted by Crippen LogP contribution is 2.31. The molecule has 0 amide bonds. The van der Waals surface area contributed by atoms with Crippen LogP contribution in [-0.4, -0.2) is 24.9 Å². The van der Waals surface area contributed by atoms with Crippen LogP contribution in [0.15, 0.2) is 24.3 Å². The average molecular weight is 266 g/mol. The van der Waals surface area contributed by atoms with Crippen LogP contribution in [0.1, 0.15) is 24.1 Å². The lowest BCUT2D eigenvalue weighted by molar-refractivity contribution is 0.151. The average Bonchev–Trinajstić information content (AvgIpc) is 2.65. The molecule has 96 valence electrons. The van der Waals surface area contributed by atoms with Gasteiger partial charge in [-0.05, 0) is 18.1 Å². The number of nitrogens with one attached hydrogen (secondary N) is 1. The van der Waals surface area contributed by atoms with E-state index in [0.717, 1.165) is 11.1 Å².